The van der Waals surface area contributed by atoms with Crippen molar-refractivity contribution >= 4 is 29.5 Å². The van der Waals surface area contributed by atoms with E-state index in [-0.39, 0.29) is 11.8 Å². The number of esters is 1. The minimum atomic E-state index is -0.959. The summed E-state index contributed by atoms with van der Waals surface area (Å²) in [5, 5.41) is 0. The highest BCUT2D eigenvalue weighted by atomic mass is 16.5. The van der Waals surface area contributed by atoms with Gasteiger partial charge in [0.15, 0.2) is 6.10 Å². The van der Waals surface area contributed by atoms with Crippen LogP contribution in [0.4, 0.5) is 5.69 Å². The molecule has 2 saturated heterocycles. The normalized spacial score (nSPS) is 22.7. The largest absolute Gasteiger partial charge is 0.451 e. The second kappa shape index (κ2) is 9.65. The molecule has 0 aromatic heterocycles. The first kappa shape index (κ1) is 24.1. The zero-order chi connectivity index (χ0) is 27.2. The van der Waals surface area contributed by atoms with Crippen LogP contribution in [0.1, 0.15) is 34.4 Å². The van der Waals surface area contributed by atoms with Crippen LogP contribution in [0.25, 0.3) is 6.08 Å². The van der Waals surface area contributed by atoms with Gasteiger partial charge in [0.25, 0.3) is 0 Å². The molecule has 7 rings (SSSR count). The molecular formula is C34H26N2O4. The van der Waals surface area contributed by atoms with Gasteiger partial charge in [-0.15, -0.1) is 0 Å². The van der Waals surface area contributed by atoms with Gasteiger partial charge in [0.1, 0.15) is 6.04 Å². The fraction of sp³-hybridized carbons (Fsp3) is 0.147. The van der Waals surface area contributed by atoms with Gasteiger partial charge in [0.05, 0.1) is 23.6 Å². The summed E-state index contributed by atoms with van der Waals surface area (Å²) in [7, 11) is 0. The van der Waals surface area contributed by atoms with Gasteiger partial charge in [-0.1, -0.05) is 103 Å². The van der Waals surface area contributed by atoms with Gasteiger partial charge in [-0.2, -0.15) is 0 Å². The van der Waals surface area contributed by atoms with Gasteiger partial charge >= 0.3 is 5.97 Å². The molecule has 196 valence electrons. The number of fused-ring (bicyclic) bond motifs is 5. The van der Waals surface area contributed by atoms with Crippen LogP contribution in [0, 0.1) is 11.8 Å². The highest BCUT2D eigenvalue weighted by Crippen LogP contribution is 2.53. The lowest BCUT2D eigenvalue weighted by Gasteiger charge is -2.35. The topological polar surface area (TPSA) is 66.9 Å². The van der Waals surface area contributed by atoms with E-state index in [9.17, 15) is 14.4 Å². The number of carbonyl (C=O) groups is 3. The highest BCUT2D eigenvalue weighted by molar-refractivity contribution is 6.23. The van der Waals surface area contributed by atoms with Crippen molar-refractivity contribution in [3.63, 3.8) is 0 Å². The molecule has 40 heavy (non-hydrogen) atoms. The Morgan fingerprint density at radius 1 is 0.675 bits per heavy atom. The van der Waals surface area contributed by atoms with Gasteiger partial charge in [-0.05, 0) is 40.5 Å². The number of rotatable bonds is 5. The lowest BCUT2D eigenvalue weighted by atomic mass is 9.84. The van der Waals surface area contributed by atoms with E-state index in [0.717, 1.165) is 22.3 Å². The summed E-state index contributed by atoms with van der Waals surface area (Å²) >= 11 is 0. The SMILES string of the molecule is O=C(OC(c1ccccc1)c1ccccc1)[C@@H]1[C@@H]2C(=O)N(c3ccccc3)C(=O)[C@H]2[C@H]2c3ccccc3C=CN12. The molecule has 0 spiro atoms. The number of anilines is 1. The summed E-state index contributed by atoms with van der Waals surface area (Å²) < 4.78 is 6.28. The molecule has 3 aliphatic rings. The molecule has 0 saturated carbocycles. The number of para-hydroxylation sites is 1. The fourth-order valence-electron chi connectivity index (χ4n) is 6.43. The molecule has 4 aromatic carbocycles. The van der Waals surface area contributed by atoms with E-state index in [0.29, 0.717) is 5.69 Å². The average Bonchev–Trinajstić information content (AvgIpc) is 3.49. The molecule has 2 fully saturated rings. The maximum absolute atomic E-state index is 14.2. The maximum Gasteiger partial charge on any atom is 0.330 e. The number of imide groups is 1. The van der Waals surface area contributed by atoms with Crippen LogP contribution in [-0.4, -0.2) is 28.7 Å². The number of nitrogens with zero attached hydrogens (tertiary/aromatic N) is 2. The molecule has 0 bridgehead atoms. The van der Waals surface area contributed by atoms with Crippen LogP contribution in [-0.2, 0) is 19.1 Å². The van der Waals surface area contributed by atoms with Crippen molar-refractivity contribution in [1.82, 2.24) is 4.90 Å². The van der Waals surface area contributed by atoms with Crippen molar-refractivity contribution in [2.75, 3.05) is 4.90 Å². The molecule has 0 aliphatic carbocycles. The van der Waals surface area contributed by atoms with Crippen LogP contribution in [0.2, 0.25) is 0 Å². The third kappa shape index (κ3) is 3.75. The number of amides is 2. The standard InChI is InChI=1S/C34H26N2O4/c37-32-27-28(33(38)36(32)25-17-8-3-9-18-25)30(35-21-20-22-12-10-11-19-26(22)29(27)35)34(39)40-31(23-13-4-1-5-14-23)24-15-6-2-7-16-24/h1-21,27-31H/t27-,28-,29-,30+/m1/s1. The minimum absolute atomic E-state index is 0.292. The monoisotopic (exact) mass is 526 g/mol. The Kier molecular flexibility index (Phi) is 5.81. The Morgan fingerprint density at radius 3 is 1.88 bits per heavy atom. The van der Waals surface area contributed by atoms with E-state index in [1.807, 2.05) is 108 Å². The van der Waals surface area contributed by atoms with Crippen LogP contribution in [0.3, 0.4) is 0 Å². The van der Waals surface area contributed by atoms with Gasteiger partial charge in [-0.3, -0.25) is 9.59 Å². The maximum atomic E-state index is 14.2. The third-order valence-electron chi connectivity index (χ3n) is 8.16. The van der Waals surface area contributed by atoms with Crippen molar-refractivity contribution in [3.05, 3.63) is 144 Å². The summed E-state index contributed by atoms with van der Waals surface area (Å²) in [6.07, 6.45) is 3.11. The number of benzene rings is 4. The summed E-state index contributed by atoms with van der Waals surface area (Å²) in [6.45, 7) is 0. The molecule has 0 N–H and O–H groups in total. The molecule has 2 amide bonds. The second-order valence-electron chi connectivity index (χ2n) is 10.3. The Balaban J connectivity index is 1.31. The Morgan fingerprint density at radius 2 is 1.23 bits per heavy atom. The van der Waals surface area contributed by atoms with E-state index in [4.69, 9.17) is 4.74 Å². The van der Waals surface area contributed by atoms with E-state index in [1.54, 1.807) is 24.3 Å². The molecule has 6 nitrogen and oxygen atoms in total. The summed E-state index contributed by atoms with van der Waals surface area (Å²) in [5.74, 6) is -2.80. The fourth-order valence-corrected chi connectivity index (χ4v) is 6.43. The van der Waals surface area contributed by atoms with Crippen molar-refractivity contribution in [3.8, 4) is 0 Å². The van der Waals surface area contributed by atoms with Gasteiger partial charge in [0, 0.05) is 6.20 Å². The van der Waals surface area contributed by atoms with Crippen molar-refractivity contribution in [2.45, 2.75) is 18.2 Å². The van der Waals surface area contributed by atoms with Crippen LogP contribution < -0.4 is 4.90 Å². The molecule has 6 heteroatoms. The molecule has 4 atom stereocenters. The highest BCUT2D eigenvalue weighted by Gasteiger charge is 2.65. The Bertz CT molecular complexity index is 1580. The zero-order valence-corrected chi connectivity index (χ0v) is 21.5. The first-order valence-electron chi connectivity index (χ1n) is 13.4. The van der Waals surface area contributed by atoms with E-state index >= 15 is 0 Å². The summed E-state index contributed by atoms with van der Waals surface area (Å²) in [4.78, 5) is 45.4. The number of carbonyl (C=O) groups excluding carboxylic acids is 3. The van der Waals surface area contributed by atoms with E-state index in [1.165, 1.54) is 4.90 Å². The first-order chi connectivity index (χ1) is 19.6. The van der Waals surface area contributed by atoms with Gasteiger partial charge in [-0.25, -0.2) is 9.69 Å². The average molecular weight is 527 g/mol. The van der Waals surface area contributed by atoms with E-state index < -0.39 is 36.0 Å². The molecule has 3 aliphatic heterocycles. The van der Waals surface area contributed by atoms with Gasteiger partial charge in [0.2, 0.25) is 11.8 Å². The molecule has 0 unspecified atom stereocenters. The first-order valence-corrected chi connectivity index (χ1v) is 13.4. The lowest BCUT2D eigenvalue weighted by molar-refractivity contribution is -0.155. The summed E-state index contributed by atoms with van der Waals surface area (Å²) in [6, 6.07) is 34.5. The van der Waals surface area contributed by atoms with Crippen LogP contribution in [0.15, 0.2) is 121 Å². The second-order valence-corrected chi connectivity index (χ2v) is 10.3. The molecular weight excluding hydrogens is 500 g/mol. The smallest absolute Gasteiger partial charge is 0.330 e. The zero-order valence-electron chi connectivity index (χ0n) is 21.5. The Hall–Kier alpha value is -4.97. The van der Waals surface area contributed by atoms with Crippen molar-refractivity contribution in [1.29, 1.82) is 0 Å². The molecule has 4 aromatic rings. The summed E-state index contributed by atoms with van der Waals surface area (Å²) in [5.41, 5.74) is 4.06. The minimum Gasteiger partial charge on any atom is -0.451 e. The van der Waals surface area contributed by atoms with Crippen LogP contribution >= 0.6 is 0 Å². The predicted octanol–water partition coefficient (Wildman–Crippen LogP) is 5.53. The van der Waals surface area contributed by atoms with Crippen molar-refractivity contribution in [2.24, 2.45) is 11.8 Å². The van der Waals surface area contributed by atoms with Crippen molar-refractivity contribution < 1.29 is 19.1 Å². The third-order valence-corrected chi connectivity index (χ3v) is 8.16. The molecule has 3 heterocycles. The number of hydrogen-bond acceptors (Lipinski definition) is 5. The number of ether oxygens (including phenoxy) is 1. The van der Waals surface area contributed by atoms with Crippen LogP contribution in [0.5, 0.6) is 0 Å². The number of hydrogen-bond donors (Lipinski definition) is 0. The quantitative estimate of drug-likeness (QED) is 0.253. The Labute approximate surface area is 232 Å². The van der Waals surface area contributed by atoms with E-state index in [2.05, 4.69) is 0 Å². The molecule has 0 radical (unpaired) electrons. The predicted molar refractivity (Wildman–Crippen MR) is 151 cm³/mol. The van der Waals surface area contributed by atoms with Gasteiger partial charge < -0.3 is 9.64 Å². The lowest BCUT2D eigenvalue weighted by Crippen LogP contribution is -2.45.